The summed E-state index contributed by atoms with van der Waals surface area (Å²) in [6, 6.07) is 7.96. The molecule has 0 saturated heterocycles. The molecule has 6 nitrogen and oxygen atoms in total. The second kappa shape index (κ2) is 8.54. The van der Waals surface area contributed by atoms with Crippen LogP contribution >= 0.6 is 11.3 Å². The van der Waals surface area contributed by atoms with Crippen molar-refractivity contribution in [1.29, 1.82) is 0 Å². The number of aryl methyl sites for hydroxylation is 1. The quantitative estimate of drug-likeness (QED) is 0.807. The number of rotatable bonds is 7. The number of anilines is 1. The Morgan fingerprint density at radius 3 is 2.71 bits per heavy atom. The summed E-state index contributed by atoms with van der Waals surface area (Å²) < 4.78 is 0. The van der Waals surface area contributed by atoms with Gasteiger partial charge in [0.25, 0.3) is 0 Å². The van der Waals surface area contributed by atoms with E-state index in [1.54, 1.807) is 0 Å². The van der Waals surface area contributed by atoms with Gasteiger partial charge in [-0.1, -0.05) is 48.9 Å². The van der Waals surface area contributed by atoms with Gasteiger partial charge in [0.2, 0.25) is 16.9 Å². The Bertz CT molecular complexity index is 712. The first kappa shape index (κ1) is 18.1. The fourth-order valence-corrected chi connectivity index (χ4v) is 2.86. The van der Waals surface area contributed by atoms with Crippen molar-refractivity contribution < 1.29 is 9.59 Å². The topological polar surface area (TPSA) is 84.0 Å². The lowest BCUT2D eigenvalue weighted by atomic mass is 10.1. The number of hydrogen-bond donors (Lipinski definition) is 2. The van der Waals surface area contributed by atoms with Crippen molar-refractivity contribution in [3.63, 3.8) is 0 Å². The number of hydrogen-bond acceptors (Lipinski definition) is 5. The zero-order valence-electron chi connectivity index (χ0n) is 14.1. The van der Waals surface area contributed by atoms with Crippen LogP contribution in [0.25, 0.3) is 10.6 Å². The molecular formula is C17H22N4O2S. The van der Waals surface area contributed by atoms with Crippen LogP contribution in [0.15, 0.2) is 24.3 Å². The first-order chi connectivity index (χ1) is 11.4. The molecule has 0 aliphatic rings. The maximum atomic E-state index is 11.9. The highest BCUT2D eigenvalue weighted by Gasteiger charge is 2.10. The predicted molar refractivity (Wildman–Crippen MR) is 95.8 cm³/mol. The standard InChI is InChI=1S/C17H22N4O2S/c1-11(2)9-15(23)18-8-7-14(22)19-17-21-20-16(24-17)13-6-4-5-12(3)10-13/h4-6,10-11H,7-9H2,1-3H3,(H,18,23)(H,19,21,22). The van der Waals surface area contributed by atoms with Gasteiger partial charge < -0.3 is 10.6 Å². The van der Waals surface area contributed by atoms with Crippen LogP contribution in [0.1, 0.15) is 32.3 Å². The van der Waals surface area contributed by atoms with E-state index in [0.29, 0.717) is 24.0 Å². The fraction of sp³-hybridized carbons (Fsp3) is 0.412. The van der Waals surface area contributed by atoms with Crippen LogP contribution in [0, 0.1) is 12.8 Å². The van der Waals surface area contributed by atoms with Gasteiger partial charge in [0.15, 0.2) is 0 Å². The number of nitrogens with zero attached hydrogens (tertiary/aromatic N) is 2. The van der Waals surface area contributed by atoms with Gasteiger partial charge in [-0.15, -0.1) is 10.2 Å². The first-order valence-electron chi connectivity index (χ1n) is 7.91. The summed E-state index contributed by atoms with van der Waals surface area (Å²) in [4.78, 5) is 23.4. The largest absolute Gasteiger partial charge is 0.356 e. The average molecular weight is 346 g/mol. The summed E-state index contributed by atoms with van der Waals surface area (Å²) in [6.45, 7) is 6.29. The van der Waals surface area contributed by atoms with E-state index in [1.807, 2.05) is 45.0 Å². The molecule has 0 aliphatic heterocycles. The third kappa shape index (κ3) is 5.73. The number of amides is 2. The summed E-state index contributed by atoms with van der Waals surface area (Å²) in [7, 11) is 0. The molecule has 24 heavy (non-hydrogen) atoms. The maximum Gasteiger partial charge on any atom is 0.227 e. The van der Waals surface area contributed by atoms with Gasteiger partial charge in [-0.05, 0) is 18.9 Å². The minimum absolute atomic E-state index is 0.0320. The molecular weight excluding hydrogens is 324 g/mol. The lowest BCUT2D eigenvalue weighted by molar-refractivity contribution is -0.121. The van der Waals surface area contributed by atoms with Gasteiger partial charge >= 0.3 is 0 Å². The molecule has 0 aliphatic carbocycles. The summed E-state index contributed by atoms with van der Waals surface area (Å²) in [5, 5.41) is 14.8. The fourth-order valence-electron chi connectivity index (χ4n) is 2.11. The number of carbonyl (C=O) groups is 2. The number of benzene rings is 1. The van der Waals surface area contributed by atoms with E-state index in [1.165, 1.54) is 11.3 Å². The molecule has 1 aromatic heterocycles. The molecule has 0 unspecified atom stereocenters. The normalized spacial score (nSPS) is 10.7. The lowest BCUT2D eigenvalue weighted by Crippen LogP contribution is -2.28. The Hall–Kier alpha value is -2.28. The zero-order valence-corrected chi connectivity index (χ0v) is 14.9. The highest BCUT2D eigenvalue weighted by Crippen LogP contribution is 2.26. The predicted octanol–water partition coefficient (Wildman–Crippen LogP) is 3.00. The van der Waals surface area contributed by atoms with Crippen LogP contribution in [0.2, 0.25) is 0 Å². The first-order valence-corrected chi connectivity index (χ1v) is 8.73. The van der Waals surface area contributed by atoms with Gasteiger partial charge in [0.1, 0.15) is 5.01 Å². The second-order valence-electron chi connectivity index (χ2n) is 6.03. The Balaban J connectivity index is 1.82. The van der Waals surface area contributed by atoms with E-state index < -0.39 is 0 Å². The van der Waals surface area contributed by atoms with E-state index in [9.17, 15) is 9.59 Å². The molecule has 1 aromatic carbocycles. The summed E-state index contributed by atoms with van der Waals surface area (Å²) >= 11 is 1.33. The maximum absolute atomic E-state index is 11.9. The molecule has 128 valence electrons. The zero-order chi connectivity index (χ0) is 17.5. The average Bonchev–Trinajstić information content (AvgIpc) is 2.95. The minimum Gasteiger partial charge on any atom is -0.356 e. The Morgan fingerprint density at radius 2 is 2.00 bits per heavy atom. The van der Waals surface area contributed by atoms with Crippen molar-refractivity contribution in [3.8, 4) is 10.6 Å². The van der Waals surface area contributed by atoms with E-state index in [2.05, 4.69) is 20.8 Å². The molecule has 0 saturated carbocycles. The minimum atomic E-state index is -0.188. The Labute approximate surface area is 145 Å². The van der Waals surface area contributed by atoms with E-state index in [-0.39, 0.29) is 18.2 Å². The molecule has 7 heteroatoms. The third-order valence-electron chi connectivity index (χ3n) is 3.20. The van der Waals surface area contributed by atoms with Crippen molar-refractivity contribution in [2.24, 2.45) is 5.92 Å². The van der Waals surface area contributed by atoms with E-state index in [0.717, 1.165) is 16.1 Å². The number of carbonyl (C=O) groups excluding carboxylic acids is 2. The van der Waals surface area contributed by atoms with Gasteiger partial charge in [-0.25, -0.2) is 0 Å². The Morgan fingerprint density at radius 1 is 1.21 bits per heavy atom. The monoisotopic (exact) mass is 346 g/mol. The molecule has 0 atom stereocenters. The smallest absolute Gasteiger partial charge is 0.227 e. The van der Waals surface area contributed by atoms with Gasteiger partial charge in [-0.2, -0.15) is 0 Å². The molecule has 2 aromatic rings. The molecule has 0 bridgehead atoms. The molecule has 0 spiro atoms. The van der Waals surface area contributed by atoms with Crippen molar-refractivity contribution >= 4 is 28.3 Å². The van der Waals surface area contributed by atoms with Gasteiger partial charge in [-0.3, -0.25) is 9.59 Å². The van der Waals surface area contributed by atoms with Crippen LogP contribution in [0.3, 0.4) is 0 Å². The molecule has 1 heterocycles. The van der Waals surface area contributed by atoms with Crippen LogP contribution in [-0.4, -0.2) is 28.6 Å². The third-order valence-corrected chi connectivity index (χ3v) is 4.09. The SMILES string of the molecule is Cc1cccc(-c2nnc(NC(=O)CCNC(=O)CC(C)C)s2)c1. The van der Waals surface area contributed by atoms with Crippen molar-refractivity contribution in [3.05, 3.63) is 29.8 Å². The van der Waals surface area contributed by atoms with Gasteiger partial charge in [0, 0.05) is 24.9 Å². The lowest BCUT2D eigenvalue weighted by Gasteiger charge is -2.06. The molecule has 2 amide bonds. The number of nitrogens with one attached hydrogen (secondary N) is 2. The van der Waals surface area contributed by atoms with Gasteiger partial charge in [0.05, 0.1) is 0 Å². The summed E-state index contributed by atoms with van der Waals surface area (Å²) in [6.07, 6.45) is 0.682. The van der Waals surface area contributed by atoms with Crippen LogP contribution in [0.4, 0.5) is 5.13 Å². The molecule has 2 rings (SSSR count). The highest BCUT2D eigenvalue weighted by atomic mass is 32.1. The van der Waals surface area contributed by atoms with Crippen molar-refractivity contribution in [1.82, 2.24) is 15.5 Å². The highest BCUT2D eigenvalue weighted by molar-refractivity contribution is 7.18. The molecule has 0 radical (unpaired) electrons. The summed E-state index contributed by atoms with van der Waals surface area (Å²) in [5.41, 5.74) is 2.12. The van der Waals surface area contributed by atoms with Crippen LogP contribution in [0.5, 0.6) is 0 Å². The summed E-state index contributed by atoms with van der Waals surface area (Å²) in [5.74, 6) is 0.0857. The molecule has 0 fully saturated rings. The Kier molecular flexibility index (Phi) is 6.43. The van der Waals surface area contributed by atoms with E-state index in [4.69, 9.17) is 0 Å². The van der Waals surface area contributed by atoms with Crippen molar-refractivity contribution in [2.45, 2.75) is 33.6 Å². The van der Waals surface area contributed by atoms with E-state index >= 15 is 0 Å². The van der Waals surface area contributed by atoms with Crippen molar-refractivity contribution in [2.75, 3.05) is 11.9 Å². The second-order valence-corrected chi connectivity index (χ2v) is 7.01. The van der Waals surface area contributed by atoms with Crippen LogP contribution in [-0.2, 0) is 9.59 Å². The van der Waals surface area contributed by atoms with Crippen LogP contribution < -0.4 is 10.6 Å². The number of aromatic nitrogens is 2. The molecule has 2 N–H and O–H groups in total.